The molecule has 3 nitrogen and oxygen atoms in total. The molecule has 1 amide bonds. The predicted molar refractivity (Wildman–Crippen MR) is 73.3 cm³/mol. The number of hydrogen-bond acceptors (Lipinski definition) is 3. The molecule has 1 aliphatic rings. The van der Waals surface area contributed by atoms with Crippen molar-refractivity contribution >= 4 is 28.5 Å². The number of rotatable bonds is 2. The topological polar surface area (TPSA) is 41.5 Å². The molecule has 0 bridgehead atoms. The van der Waals surface area contributed by atoms with E-state index in [9.17, 15) is 9.18 Å². The number of hydrogen-bond donors (Lipinski definition) is 1. The first-order valence-electron chi connectivity index (χ1n) is 5.77. The van der Waals surface area contributed by atoms with Gasteiger partial charge in [0, 0.05) is 0 Å². The van der Waals surface area contributed by atoms with E-state index in [-0.39, 0.29) is 17.6 Å². The summed E-state index contributed by atoms with van der Waals surface area (Å²) in [5.74, 6) is -0.355. The highest BCUT2D eigenvalue weighted by atomic mass is 32.2. The van der Waals surface area contributed by atoms with Crippen molar-refractivity contribution in [3.05, 3.63) is 30.1 Å². The van der Waals surface area contributed by atoms with Crippen LogP contribution in [0.25, 0.3) is 0 Å². The van der Waals surface area contributed by atoms with Crippen LogP contribution < -0.4 is 5.32 Å². The number of para-hydroxylation sites is 1. The second-order valence-electron chi connectivity index (χ2n) is 4.69. The number of benzene rings is 1. The fourth-order valence-corrected chi connectivity index (χ4v) is 2.63. The molecule has 1 aromatic carbocycles. The summed E-state index contributed by atoms with van der Waals surface area (Å²) in [6.45, 7) is 5.82. The van der Waals surface area contributed by atoms with Crippen LogP contribution in [0.2, 0.25) is 0 Å². The zero-order valence-electron chi connectivity index (χ0n) is 10.5. The molecule has 0 fully saturated rings. The van der Waals surface area contributed by atoms with E-state index in [1.54, 1.807) is 18.2 Å². The molecular weight excluding hydrogens is 251 g/mol. The number of anilines is 1. The number of aliphatic imine (C=N–C) groups is 1. The molecule has 0 aromatic heterocycles. The molecule has 0 saturated carbocycles. The van der Waals surface area contributed by atoms with Crippen LogP contribution in [-0.2, 0) is 4.79 Å². The van der Waals surface area contributed by atoms with E-state index in [4.69, 9.17) is 0 Å². The highest BCUT2D eigenvalue weighted by molar-refractivity contribution is 8.16. The lowest BCUT2D eigenvalue weighted by atomic mass is 9.96. The van der Waals surface area contributed by atoms with E-state index in [1.165, 1.54) is 17.8 Å². The molecule has 1 aliphatic heterocycles. The van der Waals surface area contributed by atoms with Crippen molar-refractivity contribution in [3.8, 4) is 0 Å². The molecule has 5 heteroatoms. The number of halogens is 1. The van der Waals surface area contributed by atoms with Gasteiger partial charge in [0.25, 0.3) is 5.91 Å². The van der Waals surface area contributed by atoms with Crippen LogP contribution in [0.1, 0.15) is 20.8 Å². The quantitative estimate of drug-likeness (QED) is 0.893. The van der Waals surface area contributed by atoms with Crippen LogP contribution in [0.4, 0.5) is 10.1 Å². The van der Waals surface area contributed by atoms with E-state index in [1.807, 2.05) is 20.8 Å². The molecule has 96 valence electrons. The van der Waals surface area contributed by atoms with Gasteiger partial charge >= 0.3 is 0 Å². The lowest BCUT2D eigenvalue weighted by Crippen LogP contribution is -2.33. The van der Waals surface area contributed by atoms with E-state index in [0.717, 1.165) is 0 Å². The zero-order valence-corrected chi connectivity index (χ0v) is 11.3. The fraction of sp³-hybridized carbons (Fsp3) is 0.385. The Labute approximate surface area is 110 Å². The van der Waals surface area contributed by atoms with Gasteiger partial charge in [0.05, 0.1) is 5.69 Å². The Morgan fingerprint density at radius 2 is 2.06 bits per heavy atom. The van der Waals surface area contributed by atoms with Crippen molar-refractivity contribution in [1.29, 1.82) is 0 Å². The average Bonchev–Trinajstić information content (AvgIpc) is 2.59. The summed E-state index contributed by atoms with van der Waals surface area (Å²) in [7, 11) is 0. The molecule has 1 N–H and O–H groups in total. The Balaban J connectivity index is 2.17. The maximum atomic E-state index is 13.5. The van der Waals surface area contributed by atoms with Crippen LogP contribution in [0.15, 0.2) is 29.3 Å². The fourth-order valence-electron chi connectivity index (χ4n) is 1.57. The molecule has 0 saturated heterocycles. The van der Waals surface area contributed by atoms with Crippen LogP contribution in [0.5, 0.6) is 0 Å². The van der Waals surface area contributed by atoms with Gasteiger partial charge in [-0.15, -0.1) is 0 Å². The third kappa shape index (κ3) is 2.27. The van der Waals surface area contributed by atoms with Crippen LogP contribution >= 0.6 is 11.8 Å². The monoisotopic (exact) mass is 266 g/mol. The van der Waals surface area contributed by atoms with Gasteiger partial charge in [-0.1, -0.05) is 37.7 Å². The van der Waals surface area contributed by atoms with Crippen molar-refractivity contribution < 1.29 is 9.18 Å². The smallest absolute Gasteiger partial charge is 0.264 e. The number of amides is 1. The number of nitrogens with one attached hydrogen (secondary N) is 1. The van der Waals surface area contributed by atoms with E-state index in [2.05, 4.69) is 10.3 Å². The summed E-state index contributed by atoms with van der Waals surface area (Å²) in [5, 5.41) is 3.33. The lowest BCUT2D eigenvalue weighted by molar-refractivity contribution is -0.120. The first-order valence-corrected chi connectivity index (χ1v) is 6.59. The Bertz CT molecular complexity index is 515. The molecule has 0 radical (unpaired) electrons. The van der Waals surface area contributed by atoms with Crippen molar-refractivity contribution in [2.75, 3.05) is 5.32 Å². The minimum Gasteiger partial charge on any atom is -0.332 e. The minimum atomic E-state index is -0.562. The number of nitrogens with zero attached hydrogens (tertiary/aromatic N) is 1. The van der Waals surface area contributed by atoms with Gasteiger partial charge in [-0.05, 0) is 25.0 Å². The van der Waals surface area contributed by atoms with Crippen LogP contribution in [-0.4, -0.2) is 15.8 Å². The SMILES string of the molecule is CC(C)C1(C)SC(Nc2ccccc2F)=NC1=O. The first-order chi connectivity index (χ1) is 8.43. The Morgan fingerprint density at radius 1 is 1.39 bits per heavy atom. The Kier molecular flexibility index (Phi) is 3.43. The Hall–Kier alpha value is -1.36. The van der Waals surface area contributed by atoms with E-state index < -0.39 is 4.75 Å². The highest BCUT2D eigenvalue weighted by Gasteiger charge is 2.43. The van der Waals surface area contributed by atoms with Gasteiger partial charge < -0.3 is 5.32 Å². The second-order valence-corrected chi connectivity index (χ2v) is 6.13. The number of amidine groups is 1. The summed E-state index contributed by atoms with van der Waals surface area (Å²) >= 11 is 1.36. The number of carbonyl (C=O) groups excluding carboxylic acids is 1. The predicted octanol–water partition coefficient (Wildman–Crippen LogP) is 3.28. The van der Waals surface area contributed by atoms with Gasteiger partial charge in [-0.2, -0.15) is 4.99 Å². The van der Waals surface area contributed by atoms with Crippen molar-refractivity contribution in [3.63, 3.8) is 0 Å². The normalized spacial score (nSPS) is 23.4. The molecule has 0 aliphatic carbocycles. The maximum absolute atomic E-state index is 13.5. The highest BCUT2D eigenvalue weighted by Crippen LogP contribution is 2.40. The Morgan fingerprint density at radius 3 is 2.61 bits per heavy atom. The van der Waals surface area contributed by atoms with Crippen molar-refractivity contribution in [2.45, 2.75) is 25.5 Å². The summed E-state index contributed by atoms with van der Waals surface area (Å²) in [4.78, 5) is 15.8. The van der Waals surface area contributed by atoms with Crippen LogP contribution in [0.3, 0.4) is 0 Å². The molecule has 1 atom stereocenters. The average molecular weight is 266 g/mol. The van der Waals surface area contributed by atoms with Gasteiger partial charge in [0.2, 0.25) is 0 Å². The standard InChI is InChI=1S/C13H15FN2OS/c1-8(2)13(3)11(17)16-12(18-13)15-10-7-5-4-6-9(10)14/h4-8H,1-3H3,(H,15,16,17). The van der Waals surface area contributed by atoms with Gasteiger partial charge in [0.15, 0.2) is 5.17 Å². The second kappa shape index (κ2) is 4.72. The third-order valence-electron chi connectivity index (χ3n) is 3.15. The largest absolute Gasteiger partial charge is 0.332 e. The molecule has 2 rings (SSSR count). The summed E-state index contributed by atoms with van der Waals surface area (Å²) in [6.07, 6.45) is 0. The van der Waals surface area contributed by atoms with Gasteiger partial charge in [0.1, 0.15) is 10.6 Å². The molecule has 1 heterocycles. The van der Waals surface area contributed by atoms with E-state index >= 15 is 0 Å². The van der Waals surface area contributed by atoms with Crippen molar-refractivity contribution in [2.24, 2.45) is 10.9 Å². The number of carbonyl (C=O) groups is 1. The summed E-state index contributed by atoms with van der Waals surface area (Å²) in [6, 6.07) is 6.34. The minimum absolute atomic E-state index is 0.165. The molecule has 18 heavy (non-hydrogen) atoms. The number of thioether (sulfide) groups is 1. The summed E-state index contributed by atoms with van der Waals surface area (Å²) in [5.41, 5.74) is 0.338. The van der Waals surface area contributed by atoms with Crippen LogP contribution in [0, 0.1) is 11.7 Å². The molecule has 1 unspecified atom stereocenters. The van der Waals surface area contributed by atoms with Gasteiger partial charge in [-0.3, -0.25) is 4.79 Å². The first kappa shape index (κ1) is 13.1. The molecule has 1 aromatic rings. The van der Waals surface area contributed by atoms with Gasteiger partial charge in [-0.25, -0.2) is 4.39 Å². The van der Waals surface area contributed by atoms with E-state index in [0.29, 0.717) is 10.9 Å². The lowest BCUT2D eigenvalue weighted by Gasteiger charge is -2.24. The van der Waals surface area contributed by atoms with Crippen molar-refractivity contribution in [1.82, 2.24) is 0 Å². The maximum Gasteiger partial charge on any atom is 0.264 e. The molecule has 0 spiro atoms. The zero-order chi connectivity index (χ0) is 13.3. The molecular formula is C13H15FN2OS. The summed E-state index contributed by atoms with van der Waals surface area (Å²) < 4.78 is 12.9. The third-order valence-corrected chi connectivity index (χ3v) is 4.61.